The Balaban J connectivity index is 1.85. The van der Waals surface area contributed by atoms with E-state index in [1.54, 1.807) is 67.3 Å². The highest BCUT2D eigenvalue weighted by Crippen LogP contribution is 2.39. The molecule has 6 nitrogen and oxygen atoms in total. The van der Waals surface area contributed by atoms with Gasteiger partial charge in [-0.3, -0.25) is 19.6 Å². The molecule has 1 fully saturated rings. The minimum Gasteiger partial charge on any atom is -0.507 e. The third kappa shape index (κ3) is 3.16. The van der Waals surface area contributed by atoms with Crippen LogP contribution in [0.2, 0.25) is 0 Å². The second-order valence-electron chi connectivity index (χ2n) is 6.43. The van der Waals surface area contributed by atoms with E-state index in [-0.39, 0.29) is 17.9 Å². The molecule has 4 rings (SSSR count). The van der Waals surface area contributed by atoms with Gasteiger partial charge in [-0.15, -0.1) is 0 Å². The Morgan fingerprint density at radius 1 is 0.929 bits per heavy atom. The SMILES string of the molecule is O=C1C(=O)N(Cc2cccnc2)[C@H](c2ccncc2)C1=C(O)c1ccccc1. The van der Waals surface area contributed by atoms with Crippen LogP contribution < -0.4 is 0 Å². The molecule has 3 aromatic rings. The summed E-state index contributed by atoms with van der Waals surface area (Å²) >= 11 is 0. The number of likely N-dealkylation sites (tertiary alicyclic amines) is 1. The van der Waals surface area contributed by atoms with E-state index in [9.17, 15) is 14.7 Å². The number of carbonyl (C=O) groups excluding carboxylic acids is 2. The van der Waals surface area contributed by atoms with Crippen molar-refractivity contribution in [2.24, 2.45) is 0 Å². The van der Waals surface area contributed by atoms with Crippen molar-refractivity contribution >= 4 is 17.4 Å². The molecule has 1 saturated heterocycles. The van der Waals surface area contributed by atoms with Gasteiger partial charge in [-0.05, 0) is 29.3 Å². The minimum atomic E-state index is -0.705. The lowest BCUT2D eigenvalue weighted by molar-refractivity contribution is -0.140. The van der Waals surface area contributed by atoms with Crippen LogP contribution in [0.4, 0.5) is 0 Å². The van der Waals surface area contributed by atoms with Crippen molar-refractivity contribution in [3.63, 3.8) is 0 Å². The lowest BCUT2D eigenvalue weighted by Crippen LogP contribution is -2.29. The fourth-order valence-electron chi connectivity index (χ4n) is 3.38. The van der Waals surface area contributed by atoms with E-state index in [2.05, 4.69) is 9.97 Å². The topological polar surface area (TPSA) is 83.4 Å². The summed E-state index contributed by atoms with van der Waals surface area (Å²) in [6, 6.07) is 15.1. The number of ketones is 1. The van der Waals surface area contributed by atoms with Crippen LogP contribution >= 0.6 is 0 Å². The van der Waals surface area contributed by atoms with Gasteiger partial charge in [-0.2, -0.15) is 0 Å². The Kier molecular flexibility index (Phi) is 4.68. The lowest BCUT2D eigenvalue weighted by Gasteiger charge is -2.25. The van der Waals surface area contributed by atoms with Crippen molar-refractivity contribution in [2.45, 2.75) is 12.6 Å². The summed E-state index contributed by atoms with van der Waals surface area (Å²) in [7, 11) is 0. The first-order chi connectivity index (χ1) is 13.7. The van der Waals surface area contributed by atoms with E-state index >= 15 is 0 Å². The molecule has 3 heterocycles. The maximum absolute atomic E-state index is 12.9. The van der Waals surface area contributed by atoms with Crippen LogP contribution in [-0.4, -0.2) is 31.7 Å². The quantitative estimate of drug-likeness (QED) is 0.433. The predicted molar refractivity (Wildman–Crippen MR) is 103 cm³/mol. The molecular formula is C22H17N3O3. The molecule has 6 heteroatoms. The third-order valence-corrected chi connectivity index (χ3v) is 4.68. The van der Waals surface area contributed by atoms with Gasteiger partial charge >= 0.3 is 0 Å². The van der Waals surface area contributed by atoms with Crippen LogP contribution in [0.25, 0.3) is 5.76 Å². The second kappa shape index (κ2) is 7.44. The molecule has 0 bridgehead atoms. The van der Waals surface area contributed by atoms with E-state index in [0.29, 0.717) is 11.1 Å². The van der Waals surface area contributed by atoms with E-state index < -0.39 is 17.7 Å². The molecular weight excluding hydrogens is 354 g/mol. The van der Waals surface area contributed by atoms with Crippen LogP contribution in [0, 0.1) is 0 Å². The molecule has 0 aliphatic carbocycles. The molecule has 1 N–H and O–H groups in total. The van der Waals surface area contributed by atoms with Crippen molar-refractivity contribution in [1.82, 2.24) is 14.9 Å². The lowest BCUT2D eigenvalue weighted by atomic mass is 9.96. The molecule has 0 unspecified atom stereocenters. The number of carbonyl (C=O) groups is 2. The molecule has 0 saturated carbocycles. The van der Waals surface area contributed by atoms with Crippen molar-refractivity contribution in [3.05, 3.63) is 102 Å². The zero-order valence-electron chi connectivity index (χ0n) is 14.9. The maximum atomic E-state index is 12.9. The largest absolute Gasteiger partial charge is 0.507 e. The van der Waals surface area contributed by atoms with Crippen molar-refractivity contribution in [2.75, 3.05) is 0 Å². The van der Waals surface area contributed by atoms with Crippen molar-refractivity contribution in [3.8, 4) is 0 Å². The first-order valence-corrected chi connectivity index (χ1v) is 8.79. The van der Waals surface area contributed by atoms with Gasteiger partial charge in [0.15, 0.2) is 0 Å². The van der Waals surface area contributed by atoms with E-state index in [4.69, 9.17) is 0 Å². The van der Waals surface area contributed by atoms with E-state index in [0.717, 1.165) is 5.56 Å². The Bertz CT molecular complexity index is 1030. The first-order valence-electron chi connectivity index (χ1n) is 8.79. The second-order valence-corrected chi connectivity index (χ2v) is 6.43. The van der Waals surface area contributed by atoms with Gasteiger partial charge in [0, 0.05) is 36.9 Å². The van der Waals surface area contributed by atoms with Gasteiger partial charge in [0.1, 0.15) is 5.76 Å². The number of hydrogen-bond donors (Lipinski definition) is 1. The zero-order valence-corrected chi connectivity index (χ0v) is 14.9. The van der Waals surface area contributed by atoms with Crippen LogP contribution in [-0.2, 0) is 16.1 Å². The van der Waals surface area contributed by atoms with Crippen LogP contribution in [0.15, 0.2) is 85.0 Å². The van der Waals surface area contributed by atoms with Crippen LogP contribution in [0.5, 0.6) is 0 Å². The Hall–Kier alpha value is -3.80. The fourth-order valence-corrected chi connectivity index (χ4v) is 3.38. The number of benzene rings is 1. The highest BCUT2D eigenvalue weighted by atomic mass is 16.3. The standard InChI is InChI=1S/C22H17N3O3/c26-20(17-6-2-1-3-7-17)18-19(16-8-11-23-12-9-16)25(22(28)21(18)27)14-15-5-4-10-24-13-15/h1-13,19,26H,14H2/t19-/m1/s1. The minimum absolute atomic E-state index is 0.0753. The number of aromatic nitrogens is 2. The number of hydrogen-bond acceptors (Lipinski definition) is 5. The highest BCUT2D eigenvalue weighted by Gasteiger charge is 2.46. The Labute approximate surface area is 161 Å². The van der Waals surface area contributed by atoms with Crippen molar-refractivity contribution in [1.29, 1.82) is 0 Å². The summed E-state index contributed by atoms with van der Waals surface area (Å²) in [6.45, 7) is 0.205. The fraction of sp³-hybridized carbons (Fsp3) is 0.0909. The summed E-state index contributed by atoms with van der Waals surface area (Å²) in [5, 5.41) is 10.9. The van der Waals surface area contributed by atoms with Gasteiger partial charge in [-0.25, -0.2) is 0 Å². The number of pyridine rings is 2. The molecule has 1 atom stereocenters. The molecule has 1 amide bonds. The normalized spacial score (nSPS) is 18.4. The van der Waals surface area contributed by atoms with Gasteiger partial charge in [0.05, 0.1) is 11.6 Å². The number of aliphatic hydroxyl groups excluding tert-OH is 1. The molecule has 0 radical (unpaired) electrons. The van der Waals surface area contributed by atoms with E-state index in [1.165, 1.54) is 4.90 Å². The average Bonchev–Trinajstić information content (AvgIpc) is 3.00. The molecule has 28 heavy (non-hydrogen) atoms. The van der Waals surface area contributed by atoms with Crippen LogP contribution in [0.1, 0.15) is 22.7 Å². The third-order valence-electron chi connectivity index (χ3n) is 4.68. The number of nitrogens with zero attached hydrogens (tertiary/aromatic N) is 3. The van der Waals surface area contributed by atoms with Crippen LogP contribution in [0.3, 0.4) is 0 Å². The summed E-state index contributed by atoms with van der Waals surface area (Å²) in [5.74, 6) is -1.54. The number of rotatable bonds is 4. The van der Waals surface area contributed by atoms with Gasteiger partial charge < -0.3 is 10.0 Å². The molecule has 1 aromatic carbocycles. The summed E-state index contributed by atoms with van der Waals surface area (Å²) < 4.78 is 0. The Morgan fingerprint density at radius 3 is 2.36 bits per heavy atom. The first kappa shape index (κ1) is 17.6. The predicted octanol–water partition coefficient (Wildman–Crippen LogP) is 3.10. The van der Waals surface area contributed by atoms with Gasteiger partial charge in [0.2, 0.25) is 0 Å². The summed E-state index contributed by atoms with van der Waals surface area (Å²) in [6.07, 6.45) is 6.50. The number of amides is 1. The molecule has 1 aliphatic heterocycles. The molecule has 1 aliphatic rings. The van der Waals surface area contributed by atoms with Gasteiger partial charge in [0.25, 0.3) is 11.7 Å². The number of Topliss-reactive ketones (excluding diaryl/α,β-unsaturated/α-hetero) is 1. The van der Waals surface area contributed by atoms with Gasteiger partial charge in [-0.1, -0.05) is 36.4 Å². The summed E-state index contributed by atoms with van der Waals surface area (Å²) in [4.78, 5) is 35.3. The molecule has 0 spiro atoms. The highest BCUT2D eigenvalue weighted by molar-refractivity contribution is 6.46. The Morgan fingerprint density at radius 2 is 1.68 bits per heavy atom. The molecule has 138 valence electrons. The smallest absolute Gasteiger partial charge is 0.295 e. The zero-order chi connectivity index (χ0) is 19.5. The average molecular weight is 371 g/mol. The molecule has 2 aromatic heterocycles. The number of aliphatic hydroxyl groups is 1. The summed E-state index contributed by atoms with van der Waals surface area (Å²) in [5.41, 5.74) is 2.06. The monoisotopic (exact) mass is 371 g/mol. The van der Waals surface area contributed by atoms with E-state index in [1.807, 2.05) is 12.1 Å². The van der Waals surface area contributed by atoms with Crippen molar-refractivity contribution < 1.29 is 14.7 Å². The maximum Gasteiger partial charge on any atom is 0.295 e.